The minimum absolute atomic E-state index is 0.0533. The van der Waals surface area contributed by atoms with Crippen LogP contribution in [0.2, 0.25) is 0 Å². The highest BCUT2D eigenvalue weighted by molar-refractivity contribution is 7.98. The Morgan fingerprint density at radius 3 is 2.82 bits per heavy atom. The lowest BCUT2D eigenvalue weighted by molar-refractivity contribution is 0.0781. The van der Waals surface area contributed by atoms with Crippen molar-refractivity contribution in [3.8, 4) is 11.5 Å². The molecule has 3 aromatic rings. The minimum atomic E-state index is -0.0533. The fourth-order valence-electron chi connectivity index (χ4n) is 2.90. The van der Waals surface area contributed by atoms with Crippen molar-refractivity contribution in [2.45, 2.75) is 24.1 Å². The molecular formula is C20H19N3O4S. The van der Waals surface area contributed by atoms with Gasteiger partial charge in [-0.15, -0.1) is 11.8 Å². The largest absolute Gasteiger partial charge is 0.454 e. The van der Waals surface area contributed by atoms with Crippen molar-refractivity contribution in [3.05, 3.63) is 65.3 Å². The van der Waals surface area contributed by atoms with Gasteiger partial charge < -0.3 is 18.9 Å². The molecule has 1 aliphatic rings. The number of ether oxygens (including phenoxy) is 2. The van der Waals surface area contributed by atoms with Gasteiger partial charge in [0.2, 0.25) is 12.7 Å². The van der Waals surface area contributed by atoms with Crippen LogP contribution in [0.5, 0.6) is 11.5 Å². The SMILES string of the molecule is Cc1noc(CSc2ccccc2C(=O)N(C)Cc2ccc3c(c2)OCO3)n1. The van der Waals surface area contributed by atoms with Crippen molar-refractivity contribution in [2.24, 2.45) is 0 Å². The number of carbonyl (C=O) groups is 1. The second-order valence-electron chi connectivity index (χ2n) is 6.37. The van der Waals surface area contributed by atoms with Crippen molar-refractivity contribution in [1.29, 1.82) is 0 Å². The van der Waals surface area contributed by atoms with Crippen molar-refractivity contribution in [3.63, 3.8) is 0 Å². The number of thioether (sulfide) groups is 1. The summed E-state index contributed by atoms with van der Waals surface area (Å²) in [5.74, 6) is 3.04. The zero-order chi connectivity index (χ0) is 19.5. The summed E-state index contributed by atoms with van der Waals surface area (Å²) in [6.45, 7) is 2.48. The number of rotatable bonds is 6. The number of fused-ring (bicyclic) bond motifs is 1. The maximum Gasteiger partial charge on any atom is 0.255 e. The predicted molar refractivity (Wildman–Crippen MR) is 103 cm³/mol. The van der Waals surface area contributed by atoms with E-state index in [4.69, 9.17) is 14.0 Å². The fraction of sp³-hybridized carbons (Fsp3) is 0.250. The molecule has 0 atom stereocenters. The van der Waals surface area contributed by atoms with Gasteiger partial charge in [0.25, 0.3) is 5.91 Å². The van der Waals surface area contributed by atoms with E-state index in [1.165, 1.54) is 11.8 Å². The highest BCUT2D eigenvalue weighted by atomic mass is 32.2. The lowest BCUT2D eigenvalue weighted by Gasteiger charge is -2.19. The molecule has 28 heavy (non-hydrogen) atoms. The van der Waals surface area contributed by atoms with E-state index in [2.05, 4.69) is 10.1 Å². The first-order chi connectivity index (χ1) is 13.6. The van der Waals surface area contributed by atoms with Gasteiger partial charge in [-0.2, -0.15) is 4.98 Å². The molecular weight excluding hydrogens is 378 g/mol. The number of hydrogen-bond acceptors (Lipinski definition) is 7. The van der Waals surface area contributed by atoms with Gasteiger partial charge >= 0.3 is 0 Å². The van der Waals surface area contributed by atoms with Crippen LogP contribution < -0.4 is 9.47 Å². The molecule has 4 rings (SSSR count). The van der Waals surface area contributed by atoms with Gasteiger partial charge in [0, 0.05) is 18.5 Å². The zero-order valence-electron chi connectivity index (χ0n) is 15.5. The van der Waals surface area contributed by atoms with Crippen LogP contribution in [-0.2, 0) is 12.3 Å². The number of nitrogens with zero attached hydrogens (tertiary/aromatic N) is 3. The standard InChI is InChI=1S/C20H19N3O4S/c1-13-21-19(27-22-13)11-28-18-6-4-3-5-15(18)20(24)23(2)10-14-7-8-16-17(9-14)26-12-25-16/h3-9H,10-12H2,1-2H3. The van der Waals surface area contributed by atoms with Gasteiger partial charge in [-0.3, -0.25) is 4.79 Å². The average molecular weight is 397 g/mol. The highest BCUT2D eigenvalue weighted by Crippen LogP contribution is 2.33. The van der Waals surface area contributed by atoms with E-state index in [0.717, 1.165) is 16.2 Å². The molecule has 8 heteroatoms. The monoisotopic (exact) mass is 397 g/mol. The molecule has 1 aliphatic heterocycles. The van der Waals surface area contributed by atoms with E-state index >= 15 is 0 Å². The molecule has 0 N–H and O–H groups in total. The smallest absolute Gasteiger partial charge is 0.255 e. The molecule has 0 saturated carbocycles. The van der Waals surface area contributed by atoms with Crippen LogP contribution in [0, 0.1) is 6.92 Å². The van der Waals surface area contributed by atoms with Gasteiger partial charge in [0.1, 0.15) is 0 Å². The number of hydrogen-bond donors (Lipinski definition) is 0. The van der Waals surface area contributed by atoms with Crippen LogP contribution >= 0.6 is 11.8 Å². The third-order valence-electron chi connectivity index (χ3n) is 4.24. The molecule has 0 fully saturated rings. The van der Waals surface area contributed by atoms with Gasteiger partial charge in [-0.25, -0.2) is 0 Å². The summed E-state index contributed by atoms with van der Waals surface area (Å²) in [7, 11) is 1.79. The molecule has 0 aliphatic carbocycles. The summed E-state index contributed by atoms with van der Waals surface area (Å²) >= 11 is 1.50. The van der Waals surface area contributed by atoms with Crippen LogP contribution in [0.25, 0.3) is 0 Å². The van der Waals surface area contributed by atoms with Crippen molar-refractivity contribution >= 4 is 17.7 Å². The van der Waals surface area contributed by atoms with Gasteiger partial charge in [0.05, 0.1) is 11.3 Å². The van der Waals surface area contributed by atoms with E-state index in [1.807, 2.05) is 42.5 Å². The normalized spacial score (nSPS) is 12.2. The van der Waals surface area contributed by atoms with Crippen molar-refractivity contribution in [2.75, 3.05) is 13.8 Å². The zero-order valence-corrected chi connectivity index (χ0v) is 16.4. The van der Waals surface area contributed by atoms with E-state index < -0.39 is 0 Å². The maximum absolute atomic E-state index is 13.0. The Morgan fingerprint density at radius 1 is 1.18 bits per heavy atom. The summed E-state index contributed by atoms with van der Waals surface area (Å²) in [4.78, 5) is 19.8. The number of aryl methyl sites for hydroxylation is 1. The summed E-state index contributed by atoms with van der Waals surface area (Å²) in [5.41, 5.74) is 1.62. The number of aromatic nitrogens is 2. The van der Waals surface area contributed by atoms with Crippen LogP contribution in [-0.4, -0.2) is 34.8 Å². The van der Waals surface area contributed by atoms with E-state index in [0.29, 0.717) is 35.3 Å². The molecule has 0 radical (unpaired) electrons. The summed E-state index contributed by atoms with van der Waals surface area (Å²) < 4.78 is 15.9. The topological polar surface area (TPSA) is 77.7 Å². The molecule has 0 bridgehead atoms. The second kappa shape index (κ2) is 7.93. The van der Waals surface area contributed by atoms with Gasteiger partial charge in [-0.05, 0) is 36.8 Å². The molecule has 0 saturated heterocycles. The Bertz CT molecular complexity index is 1000. The maximum atomic E-state index is 13.0. The van der Waals surface area contributed by atoms with E-state index in [-0.39, 0.29) is 12.7 Å². The summed E-state index contributed by atoms with van der Waals surface area (Å²) in [6.07, 6.45) is 0. The molecule has 1 amide bonds. The third-order valence-corrected chi connectivity index (χ3v) is 5.30. The molecule has 2 heterocycles. The molecule has 0 unspecified atom stereocenters. The van der Waals surface area contributed by atoms with Crippen LogP contribution in [0.1, 0.15) is 27.6 Å². The molecule has 2 aromatic carbocycles. The first kappa shape index (κ1) is 18.4. The lowest BCUT2D eigenvalue weighted by Crippen LogP contribution is -2.26. The van der Waals surface area contributed by atoms with Crippen molar-refractivity contribution in [1.82, 2.24) is 15.0 Å². The first-order valence-electron chi connectivity index (χ1n) is 8.75. The number of amides is 1. The minimum Gasteiger partial charge on any atom is -0.454 e. The van der Waals surface area contributed by atoms with Crippen LogP contribution in [0.15, 0.2) is 51.9 Å². The summed E-state index contributed by atoms with van der Waals surface area (Å²) in [5, 5.41) is 3.79. The quantitative estimate of drug-likeness (QED) is 0.587. The third kappa shape index (κ3) is 3.96. The number of benzene rings is 2. The highest BCUT2D eigenvalue weighted by Gasteiger charge is 2.19. The fourth-order valence-corrected chi connectivity index (χ4v) is 3.78. The molecule has 7 nitrogen and oxygen atoms in total. The Balaban J connectivity index is 1.46. The Hall–Kier alpha value is -3.00. The Morgan fingerprint density at radius 2 is 2.00 bits per heavy atom. The second-order valence-corrected chi connectivity index (χ2v) is 7.39. The van der Waals surface area contributed by atoms with Gasteiger partial charge in [0.15, 0.2) is 17.3 Å². The predicted octanol–water partition coefficient (Wildman–Crippen LogP) is 3.67. The van der Waals surface area contributed by atoms with Gasteiger partial charge in [-0.1, -0.05) is 23.4 Å². The van der Waals surface area contributed by atoms with Crippen LogP contribution in [0.4, 0.5) is 0 Å². The van der Waals surface area contributed by atoms with E-state index in [1.54, 1.807) is 18.9 Å². The molecule has 1 aromatic heterocycles. The Kier molecular flexibility index (Phi) is 5.21. The summed E-state index contributed by atoms with van der Waals surface area (Å²) in [6, 6.07) is 13.3. The first-order valence-corrected chi connectivity index (χ1v) is 9.74. The van der Waals surface area contributed by atoms with Crippen LogP contribution in [0.3, 0.4) is 0 Å². The molecule has 144 valence electrons. The molecule has 0 spiro atoms. The average Bonchev–Trinajstić information content (AvgIpc) is 3.34. The number of carbonyl (C=O) groups excluding carboxylic acids is 1. The lowest BCUT2D eigenvalue weighted by atomic mass is 10.1. The Labute approximate surface area is 166 Å². The van der Waals surface area contributed by atoms with E-state index in [9.17, 15) is 4.79 Å². The van der Waals surface area contributed by atoms with Crippen molar-refractivity contribution < 1.29 is 18.8 Å².